The Bertz CT molecular complexity index is 320. The molecule has 0 aromatic heterocycles. The summed E-state index contributed by atoms with van der Waals surface area (Å²) in [5.74, 6) is -0.964. The minimum absolute atomic E-state index is 0.102. The van der Waals surface area contributed by atoms with Crippen LogP contribution in [-0.4, -0.2) is 29.7 Å². The molecule has 0 aliphatic heterocycles. The largest absolute Gasteiger partial charge is 0.481 e. The molecule has 5 heteroatoms. The Balaban J connectivity index is 2.18. The van der Waals surface area contributed by atoms with Crippen molar-refractivity contribution in [1.29, 1.82) is 0 Å². The summed E-state index contributed by atoms with van der Waals surface area (Å²) in [7, 11) is 0. The van der Waals surface area contributed by atoms with Crippen molar-refractivity contribution in [2.75, 3.05) is 6.54 Å². The van der Waals surface area contributed by atoms with Crippen LogP contribution in [-0.2, 0) is 4.79 Å². The van der Waals surface area contributed by atoms with E-state index in [9.17, 15) is 9.59 Å². The van der Waals surface area contributed by atoms with Gasteiger partial charge in [-0.15, -0.1) is 6.58 Å². The lowest BCUT2D eigenvalue weighted by Crippen LogP contribution is -2.44. The van der Waals surface area contributed by atoms with Crippen LogP contribution in [0.4, 0.5) is 4.79 Å². The van der Waals surface area contributed by atoms with Gasteiger partial charge in [0.1, 0.15) is 0 Å². The van der Waals surface area contributed by atoms with Gasteiger partial charge in [0.25, 0.3) is 0 Å². The van der Waals surface area contributed by atoms with Gasteiger partial charge in [-0.3, -0.25) is 4.79 Å². The Kier molecular flexibility index (Phi) is 5.68. The standard InChI is InChI=1S/C13H22N2O3/c1-9(2)7-8-14-13(18)15-11-5-3-10(4-6-11)12(16)17/h10-11H,1,3-8H2,2H3,(H,16,17)(H2,14,15,18). The van der Waals surface area contributed by atoms with E-state index in [1.807, 2.05) is 6.92 Å². The van der Waals surface area contributed by atoms with E-state index in [2.05, 4.69) is 17.2 Å². The third kappa shape index (κ3) is 5.21. The van der Waals surface area contributed by atoms with Crippen LogP contribution in [0.5, 0.6) is 0 Å². The molecule has 1 rings (SSSR count). The van der Waals surface area contributed by atoms with Crippen molar-refractivity contribution in [3.05, 3.63) is 12.2 Å². The van der Waals surface area contributed by atoms with E-state index in [0.717, 1.165) is 24.8 Å². The van der Waals surface area contributed by atoms with E-state index < -0.39 is 5.97 Å². The topological polar surface area (TPSA) is 78.4 Å². The Morgan fingerprint density at radius 2 is 1.89 bits per heavy atom. The first-order chi connectivity index (χ1) is 8.49. The molecule has 0 aromatic rings. The van der Waals surface area contributed by atoms with Gasteiger partial charge in [0.05, 0.1) is 5.92 Å². The number of carboxylic acids is 1. The fourth-order valence-corrected chi connectivity index (χ4v) is 2.11. The van der Waals surface area contributed by atoms with Gasteiger partial charge in [0.2, 0.25) is 0 Å². The van der Waals surface area contributed by atoms with E-state index >= 15 is 0 Å². The lowest BCUT2D eigenvalue weighted by atomic mass is 9.86. The maximum Gasteiger partial charge on any atom is 0.315 e. The highest BCUT2D eigenvalue weighted by atomic mass is 16.4. The number of nitrogens with one attached hydrogen (secondary N) is 2. The van der Waals surface area contributed by atoms with Crippen LogP contribution >= 0.6 is 0 Å². The molecule has 3 N–H and O–H groups in total. The Hall–Kier alpha value is -1.52. The van der Waals surface area contributed by atoms with Crippen molar-refractivity contribution in [3.63, 3.8) is 0 Å². The summed E-state index contributed by atoms with van der Waals surface area (Å²) < 4.78 is 0. The molecule has 0 aromatic carbocycles. The summed E-state index contributed by atoms with van der Waals surface area (Å²) in [6.45, 7) is 6.28. The summed E-state index contributed by atoms with van der Waals surface area (Å²) in [5, 5.41) is 14.5. The number of rotatable bonds is 5. The van der Waals surface area contributed by atoms with E-state index in [4.69, 9.17) is 5.11 Å². The first-order valence-corrected chi connectivity index (χ1v) is 6.40. The Morgan fingerprint density at radius 1 is 1.28 bits per heavy atom. The predicted octanol–water partition coefficient (Wildman–Crippen LogP) is 1.90. The van der Waals surface area contributed by atoms with Crippen molar-refractivity contribution in [2.45, 2.75) is 45.1 Å². The van der Waals surface area contributed by atoms with Crippen molar-refractivity contribution < 1.29 is 14.7 Å². The maximum absolute atomic E-state index is 11.5. The van der Waals surface area contributed by atoms with Crippen molar-refractivity contribution in [1.82, 2.24) is 10.6 Å². The van der Waals surface area contributed by atoms with Crippen LogP contribution in [0.3, 0.4) is 0 Å². The first-order valence-electron chi connectivity index (χ1n) is 6.40. The molecule has 0 radical (unpaired) electrons. The zero-order chi connectivity index (χ0) is 13.5. The molecule has 102 valence electrons. The zero-order valence-corrected chi connectivity index (χ0v) is 10.9. The van der Waals surface area contributed by atoms with E-state index in [1.54, 1.807) is 0 Å². The minimum atomic E-state index is -0.723. The van der Waals surface area contributed by atoms with Gasteiger partial charge in [0, 0.05) is 12.6 Å². The number of urea groups is 1. The smallest absolute Gasteiger partial charge is 0.315 e. The Labute approximate surface area is 108 Å². The molecule has 1 aliphatic carbocycles. The molecule has 0 bridgehead atoms. The van der Waals surface area contributed by atoms with Crippen molar-refractivity contribution >= 4 is 12.0 Å². The monoisotopic (exact) mass is 254 g/mol. The second-order valence-corrected chi connectivity index (χ2v) is 4.99. The SMILES string of the molecule is C=C(C)CCNC(=O)NC1CCC(C(=O)O)CC1. The number of carbonyl (C=O) groups is 2. The molecular formula is C13H22N2O3. The molecule has 0 spiro atoms. The maximum atomic E-state index is 11.5. The summed E-state index contributed by atoms with van der Waals surface area (Å²) in [6, 6.07) is -0.0690. The number of aliphatic carboxylic acids is 1. The van der Waals surface area contributed by atoms with Crippen LogP contribution in [0.1, 0.15) is 39.0 Å². The lowest BCUT2D eigenvalue weighted by molar-refractivity contribution is -0.142. The molecule has 2 amide bonds. The van der Waals surface area contributed by atoms with Gasteiger partial charge < -0.3 is 15.7 Å². The highest BCUT2D eigenvalue weighted by molar-refractivity contribution is 5.74. The van der Waals surface area contributed by atoms with Gasteiger partial charge in [-0.2, -0.15) is 0 Å². The van der Waals surface area contributed by atoms with Crippen LogP contribution in [0.2, 0.25) is 0 Å². The Morgan fingerprint density at radius 3 is 2.39 bits per heavy atom. The molecule has 18 heavy (non-hydrogen) atoms. The number of hydrogen-bond acceptors (Lipinski definition) is 2. The molecule has 0 saturated heterocycles. The van der Waals surface area contributed by atoms with Gasteiger partial charge in [-0.25, -0.2) is 4.79 Å². The number of carboxylic acid groups (broad SMARTS) is 1. The molecule has 1 saturated carbocycles. The molecule has 0 atom stereocenters. The fraction of sp³-hybridized carbons (Fsp3) is 0.692. The fourth-order valence-electron chi connectivity index (χ4n) is 2.11. The second kappa shape index (κ2) is 7.03. The summed E-state index contributed by atoms with van der Waals surface area (Å²) in [6.07, 6.45) is 3.55. The third-order valence-electron chi connectivity index (χ3n) is 3.25. The van der Waals surface area contributed by atoms with Gasteiger partial charge in [-0.05, 0) is 39.0 Å². The zero-order valence-electron chi connectivity index (χ0n) is 10.9. The van der Waals surface area contributed by atoms with Gasteiger partial charge in [0.15, 0.2) is 0 Å². The van der Waals surface area contributed by atoms with E-state index in [1.165, 1.54) is 0 Å². The molecule has 5 nitrogen and oxygen atoms in total. The lowest BCUT2D eigenvalue weighted by Gasteiger charge is -2.26. The van der Waals surface area contributed by atoms with Crippen LogP contribution in [0.25, 0.3) is 0 Å². The van der Waals surface area contributed by atoms with Crippen LogP contribution < -0.4 is 10.6 Å². The summed E-state index contributed by atoms with van der Waals surface area (Å²) in [4.78, 5) is 22.3. The first kappa shape index (κ1) is 14.5. The van der Waals surface area contributed by atoms with Crippen molar-refractivity contribution in [2.24, 2.45) is 5.92 Å². The summed E-state index contributed by atoms with van der Waals surface area (Å²) >= 11 is 0. The highest BCUT2D eigenvalue weighted by Gasteiger charge is 2.26. The molecule has 0 unspecified atom stereocenters. The number of hydrogen-bond donors (Lipinski definition) is 3. The quantitative estimate of drug-likeness (QED) is 0.656. The normalized spacial score (nSPS) is 23.2. The van der Waals surface area contributed by atoms with Gasteiger partial charge in [-0.1, -0.05) is 5.57 Å². The van der Waals surface area contributed by atoms with Crippen LogP contribution in [0.15, 0.2) is 12.2 Å². The third-order valence-corrected chi connectivity index (χ3v) is 3.25. The number of amides is 2. The second-order valence-electron chi connectivity index (χ2n) is 4.99. The van der Waals surface area contributed by atoms with E-state index in [0.29, 0.717) is 19.4 Å². The summed E-state index contributed by atoms with van der Waals surface area (Å²) in [5.41, 5.74) is 1.04. The van der Waals surface area contributed by atoms with Crippen LogP contribution in [0, 0.1) is 5.92 Å². The van der Waals surface area contributed by atoms with Gasteiger partial charge >= 0.3 is 12.0 Å². The highest BCUT2D eigenvalue weighted by Crippen LogP contribution is 2.24. The van der Waals surface area contributed by atoms with Crippen molar-refractivity contribution in [3.8, 4) is 0 Å². The molecular weight excluding hydrogens is 232 g/mol. The predicted molar refractivity (Wildman–Crippen MR) is 69.3 cm³/mol. The minimum Gasteiger partial charge on any atom is -0.481 e. The molecule has 1 aliphatic rings. The number of carbonyl (C=O) groups excluding carboxylic acids is 1. The average molecular weight is 254 g/mol. The van der Waals surface area contributed by atoms with E-state index in [-0.39, 0.29) is 18.0 Å². The molecule has 0 heterocycles. The molecule has 1 fully saturated rings. The average Bonchev–Trinajstić information content (AvgIpc) is 2.29.